The lowest BCUT2D eigenvalue weighted by atomic mass is 10.1. The highest BCUT2D eigenvalue weighted by Gasteiger charge is 2.27. The minimum Gasteiger partial charge on any atom is -0.481 e. The molecular formula is C14H15Cl2NO3S. The molecule has 1 aliphatic rings. The number of carbonyl (C=O) groups is 2. The van der Waals surface area contributed by atoms with Crippen LogP contribution >= 0.6 is 35.0 Å². The summed E-state index contributed by atoms with van der Waals surface area (Å²) < 4.78 is 0. The van der Waals surface area contributed by atoms with E-state index in [9.17, 15) is 9.59 Å². The summed E-state index contributed by atoms with van der Waals surface area (Å²) in [7, 11) is 0. The number of nitrogens with zero attached hydrogens (tertiary/aromatic N) is 1. The molecule has 0 aromatic heterocycles. The summed E-state index contributed by atoms with van der Waals surface area (Å²) in [5, 5.41) is 9.92. The number of hydrogen-bond acceptors (Lipinski definition) is 3. The summed E-state index contributed by atoms with van der Waals surface area (Å²) in [4.78, 5) is 25.3. The number of benzene rings is 1. The van der Waals surface area contributed by atoms with Gasteiger partial charge in [0.05, 0.1) is 10.8 Å². The molecule has 0 aliphatic carbocycles. The van der Waals surface area contributed by atoms with Crippen molar-refractivity contribution in [2.45, 2.75) is 17.7 Å². The quantitative estimate of drug-likeness (QED) is 0.829. The number of carbonyl (C=O) groups excluding carboxylic acids is 1. The Morgan fingerprint density at radius 2 is 2.14 bits per heavy atom. The number of hydrogen-bond donors (Lipinski definition) is 1. The highest BCUT2D eigenvalue weighted by Crippen LogP contribution is 2.30. The molecule has 0 bridgehead atoms. The Bertz CT molecular complexity index is 553. The van der Waals surface area contributed by atoms with Crippen molar-refractivity contribution >= 4 is 46.8 Å². The van der Waals surface area contributed by atoms with Crippen LogP contribution in [-0.4, -0.2) is 40.7 Å². The second-order valence-corrected chi connectivity index (χ2v) is 6.82. The average Bonchev–Trinajstić information content (AvgIpc) is 2.87. The summed E-state index contributed by atoms with van der Waals surface area (Å²) >= 11 is 13.3. The van der Waals surface area contributed by atoms with E-state index in [1.807, 2.05) is 0 Å². The lowest BCUT2D eigenvalue weighted by Crippen LogP contribution is -2.30. The molecule has 1 saturated heterocycles. The molecule has 1 amide bonds. The molecule has 1 N–H and O–H groups in total. The summed E-state index contributed by atoms with van der Waals surface area (Å²) in [6.07, 6.45) is 0.873. The van der Waals surface area contributed by atoms with Crippen molar-refractivity contribution in [3.8, 4) is 0 Å². The van der Waals surface area contributed by atoms with Crippen LogP contribution in [0.3, 0.4) is 0 Å². The molecule has 4 nitrogen and oxygen atoms in total. The molecule has 7 heteroatoms. The molecule has 1 unspecified atom stereocenters. The van der Waals surface area contributed by atoms with Crippen LogP contribution in [-0.2, 0) is 9.59 Å². The Labute approximate surface area is 137 Å². The maximum absolute atomic E-state index is 12.1. The lowest BCUT2D eigenvalue weighted by Gasteiger charge is -2.16. The third-order valence-corrected chi connectivity index (χ3v) is 5.06. The SMILES string of the molecule is O=C(O)CC1CCN(C(=O)CSc2cc(Cl)ccc2Cl)C1. The number of rotatable bonds is 5. The first kappa shape index (κ1) is 16.5. The van der Waals surface area contributed by atoms with Crippen molar-refractivity contribution in [2.75, 3.05) is 18.8 Å². The molecule has 2 rings (SSSR count). The van der Waals surface area contributed by atoms with Crippen molar-refractivity contribution in [3.63, 3.8) is 0 Å². The van der Waals surface area contributed by atoms with Crippen LogP contribution in [0.25, 0.3) is 0 Å². The number of carboxylic acid groups (broad SMARTS) is 1. The van der Waals surface area contributed by atoms with Crippen molar-refractivity contribution in [1.82, 2.24) is 4.90 Å². The Balaban J connectivity index is 1.85. The van der Waals surface area contributed by atoms with Crippen molar-refractivity contribution in [3.05, 3.63) is 28.2 Å². The van der Waals surface area contributed by atoms with Gasteiger partial charge in [-0.05, 0) is 30.5 Å². The Morgan fingerprint density at radius 3 is 2.86 bits per heavy atom. The topological polar surface area (TPSA) is 57.6 Å². The Kier molecular flexibility index (Phi) is 5.79. The second-order valence-electron chi connectivity index (χ2n) is 4.96. The first-order valence-electron chi connectivity index (χ1n) is 6.53. The predicted octanol–water partition coefficient (Wildman–Crippen LogP) is 3.41. The van der Waals surface area contributed by atoms with E-state index in [1.165, 1.54) is 11.8 Å². The number of thioether (sulfide) groups is 1. The van der Waals surface area contributed by atoms with E-state index in [2.05, 4.69) is 0 Å². The Morgan fingerprint density at radius 1 is 1.38 bits per heavy atom. The molecular weight excluding hydrogens is 333 g/mol. The molecule has 0 saturated carbocycles. The van der Waals surface area contributed by atoms with Crippen LogP contribution in [0.4, 0.5) is 0 Å². The molecule has 1 atom stereocenters. The fraction of sp³-hybridized carbons (Fsp3) is 0.429. The number of halogens is 2. The van der Waals surface area contributed by atoms with Crippen LogP contribution in [0.2, 0.25) is 10.0 Å². The molecule has 1 aromatic rings. The van der Waals surface area contributed by atoms with E-state index in [1.54, 1.807) is 23.1 Å². The van der Waals surface area contributed by atoms with Gasteiger partial charge in [0.1, 0.15) is 0 Å². The van der Waals surface area contributed by atoms with Gasteiger partial charge < -0.3 is 10.0 Å². The van der Waals surface area contributed by atoms with Gasteiger partial charge in [-0.1, -0.05) is 23.2 Å². The third-order valence-electron chi connectivity index (χ3n) is 3.35. The molecule has 114 valence electrons. The molecule has 0 spiro atoms. The zero-order valence-electron chi connectivity index (χ0n) is 11.2. The summed E-state index contributed by atoms with van der Waals surface area (Å²) in [5.41, 5.74) is 0. The number of aliphatic carboxylic acids is 1. The monoisotopic (exact) mass is 347 g/mol. The van der Waals surface area contributed by atoms with Gasteiger partial charge in [0.25, 0.3) is 0 Å². The van der Waals surface area contributed by atoms with Gasteiger partial charge in [-0.3, -0.25) is 9.59 Å². The maximum atomic E-state index is 12.1. The van der Waals surface area contributed by atoms with Crippen LogP contribution in [0.5, 0.6) is 0 Å². The van der Waals surface area contributed by atoms with Gasteiger partial charge in [-0.2, -0.15) is 0 Å². The molecule has 0 radical (unpaired) electrons. The Hall–Kier alpha value is -0.910. The van der Waals surface area contributed by atoms with E-state index in [0.717, 1.165) is 11.3 Å². The number of amides is 1. The number of likely N-dealkylation sites (tertiary alicyclic amines) is 1. The fourth-order valence-electron chi connectivity index (χ4n) is 2.29. The molecule has 21 heavy (non-hydrogen) atoms. The first-order valence-corrected chi connectivity index (χ1v) is 8.27. The zero-order valence-corrected chi connectivity index (χ0v) is 13.5. The summed E-state index contributed by atoms with van der Waals surface area (Å²) in [6.45, 7) is 1.15. The van der Waals surface area contributed by atoms with Gasteiger partial charge >= 0.3 is 5.97 Å². The van der Waals surface area contributed by atoms with Crippen molar-refractivity contribution < 1.29 is 14.7 Å². The minimum atomic E-state index is -0.811. The molecule has 1 aromatic carbocycles. The third kappa shape index (κ3) is 4.80. The van der Waals surface area contributed by atoms with E-state index in [-0.39, 0.29) is 24.0 Å². The van der Waals surface area contributed by atoms with Gasteiger partial charge in [-0.15, -0.1) is 11.8 Å². The van der Waals surface area contributed by atoms with Gasteiger partial charge in [-0.25, -0.2) is 0 Å². The lowest BCUT2D eigenvalue weighted by molar-refractivity contribution is -0.138. The zero-order chi connectivity index (χ0) is 15.4. The standard InChI is InChI=1S/C14H15Cl2NO3S/c15-10-1-2-11(16)12(6-10)21-8-13(18)17-4-3-9(7-17)5-14(19)20/h1-2,6,9H,3-5,7-8H2,(H,19,20). The van der Waals surface area contributed by atoms with Crippen LogP contribution in [0.15, 0.2) is 23.1 Å². The van der Waals surface area contributed by atoms with Crippen LogP contribution < -0.4 is 0 Å². The number of carboxylic acids is 1. The molecule has 1 fully saturated rings. The summed E-state index contributed by atoms with van der Waals surface area (Å²) in [5.74, 6) is -0.468. The van der Waals surface area contributed by atoms with E-state index >= 15 is 0 Å². The molecule has 1 aliphatic heterocycles. The fourth-order valence-corrected chi connectivity index (χ4v) is 3.69. The normalized spacial score (nSPS) is 18.0. The minimum absolute atomic E-state index is 0.00364. The molecule has 1 heterocycles. The van der Waals surface area contributed by atoms with Gasteiger partial charge in [0.15, 0.2) is 0 Å². The van der Waals surface area contributed by atoms with Crippen LogP contribution in [0, 0.1) is 5.92 Å². The van der Waals surface area contributed by atoms with E-state index in [0.29, 0.717) is 23.1 Å². The predicted molar refractivity (Wildman–Crippen MR) is 84.1 cm³/mol. The highest BCUT2D eigenvalue weighted by molar-refractivity contribution is 8.00. The first-order chi connectivity index (χ1) is 9.95. The van der Waals surface area contributed by atoms with Crippen LogP contribution in [0.1, 0.15) is 12.8 Å². The summed E-state index contributed by atoms with van der Waals surface area (Å²) in [6, 6.07) is 5.14. The average molecular weight is 348 g/mol. The van der Waals surface area contributed by atoms with Gasteiger partial charge in [0.2, 0.25) is 5.91 Å². The van der Waals surface area contributed by atoms with Crippen molar-refractivity contribution in [1.29, 1.82) is 0 Å². The highest BCUT2D eigenvalue weighted by atomic mass is 35.5. The smallest absolute Gasteiger partial charge is 0.303 e. The largest absolute Gasteiger partial charge is 0.481 e. The van der Waals surface area contributed by atoms with Crippen molar-refractivity contribution in [2.24, 2.45) is 5.92 Å². The second kappa shape index (κ2) is 7.38. The van der Waals surface area contributed by atoms with E-state index in [4.69, 9.17) is 28.3 Å². The van der Waals surface area contributed by atoms with E-state index < -0.39 is 5.97 Å². The van der Waals surface area contributed by atoms with Gasteiger partial charge in [0, 0.05) is 29.4 Å². The maximum Gasteiger partial charge on any atom is 0.303 e.